The lowest BCUT2D eigenvalue weighted by Crippen LogP contribution is -2.68. The number of fused-ring (bicyclic) bond motifs is 8. The third-order valence-electron chi connectivity index (χ3n) is 21.0. The second kappa shape index (κ2) is 29.7. The second-order valence-corrected chi connectivity index (χ2v) is 30.6. The summed E-state index contributed by atoms with van der Waals surface area (Å²) in [6.45, 7) is 11.1. The number of likely N-dealkylation sites (N-methyl/N-ethyl adjacent to an activating group) is 2. The van der Waals surface area contributed by atoms with Crippen molar-refractivity contribution in [3.8, 4) is 0 Å². The number of nitrogens with zero attached hydrogens (tertiary/aromatic N) is 4. The largest absolute Gasteiger partial charge is 0.347 e. The van der Waals surface area contributed by atoms with Crippen LogP contribution in [0, 0.1) is 20.5 Å². The molecule has 0 bridgehead atoms. The fourth-order valence-electron chi connectivity index (χ4n) is 16.7. The van der Waals surface area contributed by atoms with E-state index in [1.165, 1.54) is 123 Å². The van der Waals surface area contributed by atoms with Crippen molar-refractivity contribution < 1.29 is 66.9 Å². The molecule has 0 aromatic heterocycles. The molecule has 11 aromatic rings. The molecule has 4 aliphatic rings. The van der Waals surface area contributed by atoms with Crippen molar-refractivity contribution in [1.82, 2.24) is 0 Å². The van der Waals surface area contributed by atoms with Crippen molar-refractivity contribution in [3.05, 3.63) is 368 Å². The molecule has 11 aromatic carbocycles. The van der Waals surface area contributed by atoms with Gasteiger partial charge in [0.15, 0.2) is 24.5 Å². The first-order valence-electron chi connectivity index (χ1n) is 34.4. The zero-order chi connectivity index (χ0) is 73.3. The monoisotopic (exact) mass is 1460 g/mol. The number of anilines is 2. The van der Waals surface area contributed by atoms with Crippen molar-refractivity contribution in [3.63, 3.8) is 0 Å². The molecule has 526 valence electrons. The van der Waals surface area contributed by atoms with Gasteiger partial charge in [-0.3, -0.25) is 0 Å². The highest BCUT2D eigenvalue weighted by molar-refractivity contribution is 6.31. The van der Waals surface area contributed by atoms with E-state index in [0.717, 1.165) is 35.7 Å². The van der Waals surface area contributed by atoms with E-state index < -0.39 is 20.5 Å². The number of allylic oxidation sites excluding steroid dienone is 8. The maximum absolute atomic E-state index is 8.49. The van der Waals surface area contributed by atoms with Crippen LogP contribution >= 0.6 is 23.2 Å². The van der Waals surface area contributed by atoms with E-state index in [4.69, 9.17) is 60.5 Å². The van der Waals surface area contributed by atoms with Gasteiger partial charge in [-0.05, 0) is 169 Å². The summed E-state index contributed by atoms with van der Waals surface area (Å²) in [5.74, 6) is 0. The van der Waals surface area contributed by atoms with E-state index in [9.17, 15) is 0 Å². The molecule has 0 aliphatic carbocycles. The number of benzene rings is 11. The topological polar surface area (TPSA) is 197 Å². The molecule has 12 nitrogen and oxygen atoms in total. The highest BCUT2D eigenvalue weighted by Crippen LogP contribution is 2.55. The average molecular weight is 1460 g/mol. The van der Waals surface area contributed by atoms with Gasteiger partial charge in [0.2, 0.25) is 11.4 Å². The molecule has 0 radical (unpaired) electrons. The molecule has 0 saturated carbocycles. The van der Waals surface area contributed by atoms with Gasteiger partial charge in [0.25, 0.3) is 0 Å². The Hall–Kier alpha value is -9.32. The van der Waals surface area contributed by atoms with Gasteiger partial charge in [-0.15, -0.1) is 20.5 Å². The predicted molar refractivity (Wildman–Crippen MR) is 396 cm³/mol. The van der Waals surface area contributed by atoms with Crippen LogP contribution < -0.4 is 47.1 Å². The van der Waals surface area contributed by atoms with Gasteiger partial charge in [-0.25, -0.2) is 37.3 Å². The molecular weight excluding hydrogens is 1380 g/mol. The molecule has 0 spiro atoms. The first-order valence-corrected chi connectivity index (χ1v) is 37.6. The maximum Gasteiger partial charge on any atom is 0.210 e. The molecule has 4 heterocycles. The smallest absolute Gasteiger partial charge is 0.210 e. The number of rotatable bonds is 16. The number of hydrogen-bond acceptors (Lipinski definition) is 10. The van der Waals surface area contributed by atoms with Gasteiger partial charge in [-0.1, -0.05) is 229 Å². The van der Waals surface area contributed by atoms with Crippen LogP contribution in [0.5, 0.6) is 0 Å². The average Bonchev–Trinajstić information content (AvgIpc) is 1.59. The maximum atomic E-state index is 8.49. The van der Waals surface area contributed by atoms with Crippen LogP contribution in [0.25, 0.3) is 21.5 Å². The lowest BCUT2D eigenvalue weighted by atomic mass is 9.70. The molecule has 16 heteroatoms. The summed E-state index contributed by atoms with van der Waals surface area (Å²) in [7, 11) is -5.44. The highest BCUT2D eigenvalue weighted by Gasteiger charge is 2.50. The van der Waals surface area contributed by atoms with Crippen LogP contribution in [-0.2, 0) is 60.4 Å². The van der Waals surface area contributed by atoms with Crippen LogP contribution in [0.2, 0.25) is 10.0 Å². The summed E-state index contributed by atoms with van der Waals surface area (Å²) in [5.41, 5.74) is 21.4. The Balaban J connectivity index is 0.000000902. The van der Waals surface area contributed by atoms with Crippen molar-refractivity contribution in [1.29, 1.82) is 0 Å². The zero-order valence-electron chi connectivity index (χ0n) is 58.5. The lowest BCUT2D eigenvalue weighted by Gasteiger charge is -2.33. The van der Waals surface area contributed by atoms with Crippen molar-refractivity contribution >= 4 is 78.9 Å². The van der Waals surface area contributed by atoms with Crippen LogP contribution in [0.4, 0.5) is 22.7 Å². The number of halogens is 4. The van der Waals surface area contributed by atoms with Gasteiger partial charge in [0, 0.05) is 104 Å². The quantitative estimate of drug-likeness (QED) is 0.0839. The minimum atomic E-state index is -4.94. The third kappa shape index (κ3) is 15.2. The molecule has 0 amide bonds. The van der Waals surface area contributed by atoms with Gasteiger partial charge >= 0.3 is 0 Å². The Kier molecular flexibility index (Phi) is 20.8. The Bertz CT molecular complexity index is 4780. The Labute approximate surface area is 622 Å². The molecule has 104 heavy (non-hydrogen) atoms. The first kappa shape index (κ1) is 73.0. The van der Waals surface area contributed by atoms with Crippen LogP contribution in [0.3, 0.4) is 0 Å². The van der Waals surface area contributed by atoms with E-state index in [1.807, 2.05) is 12.1 Å². The Morgan fingerprint density at radius 1 is 0.365 bits per heavy atom. The lowest BCUT2D eigenvalue weighted by molar-refractivity contribution is -2.00. The fourth-order valence-corrected chi connectivity index (χ4v) is 17.1. The summed E-state index contributed by atoms with van der Waals surface area (Å²) in [5, 5.41) is 6.60. The van der Waals surface area contributed by atoms with Crippen molar-refractivity contribution in [2.45, 2.75) is 88.1 Å². The zero-order valence-corrected chi connectivity index (χ0v) is 61.5. The molecule has 0 fully saturated rings. The van der Waals surface area contributed by atoms with Crippen LogP contribution in [-0.4, -0.2) is 34.7 Å². The minimum absolute atomic E-state index is 0.319. The van der Waals surface area contributed by atoms with E-state index in [1.54, 1.807) is 0 Å². The molecule has 0 unspecified atom stereocenters. The van der Waals surface area contributed by atoms with Crippen molar-refractivity contribution in [2.24, 2.45) is 0 Å². The van der Waals surface area contributed by atoms with Gasteiger partial charge in [0.05, 0.1) is 10.8 Å². The van der Waals surface area contributed by atoms with E-state index in [-0.39, 0.29) is 21.7 Å². The molecule has 0 N–H and O–H groups in total. The summed E-state index contributed by atoms with van der Waals surface area (Å²) in [6, 6.07) is 93.3. The standard InChI is InChI=1S/C88H78Cl2N4.2ClHO4/c1-85(2)79(37-23-39-81-87(55-61-25-11-7-12-26-61,56-62-27-13-8-14-28-62)73-53-69(89)47-51-75(73)91(81)5)93(77-49-45-67-33-19-21-35-71(67)83(77)85)59-65-41-43-66(44-42-65)60-94-78-50-46-68-34-20-22-36-72(68)84(78)86(3,4)80(94)38-24-40-82-88(57-63-29-15-9-16-30-63,58-64-31-17-10-18-32-64)74-54-70(90)48-52-76(74)92(82)6;2*2-1(3,4)5/h7-54H,55-60H2,1-6H3;2*(H,2,3,4,5)/q+2;;/p-2. The normalized spacial score (nSPS) is 16.8. The Morgan fingerprint density at radius 2 is 0.663 bits per heavy atom. The summed E-state index contributed by atoms with van der Waals surface area (Å²) in [6.07, 6.45) is 17.5. The summed E-state index contributed by atoms with van der Waals surface area (Å²) in [4.78, 5) is 4.81. The third-order valence-corrected chi connectivity index (χ3v) is 21.5. The number of hydrogen-bond donors (Lipinski definition) is 0. The van der Waals surface area contributed by atoms with Gasteiger partial charge in [-0.2, -0.15) is 9.15 Å². The first-order chi connectivity index (χ1) is 49.7. The molecule has 15 rings (SSSR count). The van der Waals surface area contributed by atoms with Gasteiger partial charge < -0.3 is 9.80 Å². The van der Waals surface area contributed by atoms with E-state index in [0.29, 0.717) is 13.1 Å². The van der Waals surface area contributed by atoms with Crippen LogP contribution in [0.15, 0.2) is 303 Å². The molecule has 4 aliphatic heterocycles. The second-order valence-electron chi connectivity index (χ2n) is 28.2. The molecule has 0 atom stereocenters. The van der Waals surface area contributed by atoms with Crippen molar-refractivity contribution in [2.75, 3.05) is 23.9 Å². The summed E-state index contributed by atoms with van der Waals surface area (Å²) >= 11 is 13.9. The SMILES string of the molecule is CN1/C(=C/C=C/C2=[N+](Cc3ccc(C[N+]4=C(/C=C/C=C5/N(C)c6ccc(Cl)cc6C5(Cc5ccccc5)Cc5ccccc5)C(C)(C)c5c4ccc4ccccc54)cc3)c3ccc4ccccc4c3C2(C)C)C(Cc2ccccc2)(Cc2ccccc2)c2cc(Cl)ccc21.[O-][Cl+3]([O-])([O-])[O-].[O-][Cl+3]([O-])([O-])[O-]. The Morgan fingerprint density at radius 3 is 0.981 bits per heavy atom. The van der Waals surface area contributed by atoms with E-state index >= 15 is 0 Å². The summed E-state index contributed by atoms with van der Waals surface area (Å²) < 4.78 is 73.1. The van der Waals surface area contributed by atoms with Gasteiger partial charge in [0.1, 0.15) is 0 Å². The van der Waals surface area contributed by atoms with Crippen LogP contribution in [0.1, 0.15) is 83.3 Å². The predicted octanol–water partition coefficient (Wildman–Crippen LogP) is 11.6. The molecular formula is C88H78Cl4N4O8. The fraction of sp³-hybridized carbons (Fsp3) is 0.182. The minimum Gasteiger partial charge on any atom is -0.347 e. The van der Waals surface area contributed by atoms with E-state index in [2.05, 4.69) is 340 Å². The molecule has 0 saturated heterocycles. The highest BCUT2D eigenvalue weighted by atomic mass is 35.7.